The Labute approximate surface area is 129 Å². The van der Waals surface area contributed by atoms with Crippen LogP contribution >= 0.6 is 11.3 Å². The first-order valence-electron chi connectivity index (χ1n) is 6.65. The van der Waals surface area contributed by atoms with Crippen molar-refractivity contribution in [3.8, 4) is 0 Å². The Morgan fingerprint density at radius 2 is 2.00 bits per heavy atom. The van der Waals surface area contributed by atoms with Crippen LogP contribution in [0.3, 0.4) is 0 Å². The number of anilines is 1. The quantitative estimate of drug-likeness (QED) is 0.857. The second-order valence-electron chi connectivity index (χ2n) is 4.98. The van der Waals surface area contributed by atoms with Crippen molar-refractivity contribution >= 4 is 27.0 Å². The predicted octanol–water partition coefficient (Wildman–Crippen LogP) is 2.75. The molecule has 1 aromatic carbocycles. The molecule has 0 spiro atoms. The van der Waals surface area contributed by atoms with E-state index < -0.39 is 10.0 Å². The molecule has 2 aromatic rings. The van der Waals surface area contributed by atoms with Gasteiger partial charge in [-0.1, -0.05) is 12.1 Å². The Morgan fingerprint density at radius 1 is 1.29 bits per heavy atom. The van der Waals surface area contributed by atoms with Crippen molar-refractivity contribution in [2.24, 2.45) is 0 Å². The molecular formula is C14H19N3O2S2. The minimum atomic E-state index is -3.52. The minimum absolute atomic E-state index is 0.149. The molecule has 5 nitrogen and oxygen atoms in total. The van der Waals surface area contributed by atoms with E-state index >= 15 is 0 Å². The van der Waals surface area contributed by atoms with E-state index in [4.69, 9.17) is 0 Å². The molecule has 0 fully saturated rings. The maximum Gasteiger partial charge on any atom is 0.242 e. The van der Waals surface area contributed by atoms with Gasteiger partial charge in [-0.15, -0.1) is 11.3 Å². The van der Waals surface area contributed by atoms with Gasteiger partial charge in [0.25, 0.3) is 0 Å². The maximum absolute atomic E-state index is 12.3. The highest BCUT2D eigenvalue weighted by Crippen LogP contribution is 2.22. The fourth-order valence-corrected chi connectivity index (χ4v) is 3.94. The van der Waals surface area contributed by atoms with Gasteiger partial charge in [0.2, 0.25) is 10.0 Å². The third kappa shape index (κ3) is 4.26. The summed E-state index contributed by atoms with van der Waals surface area (Å²) < 4.78 is 27.2. The highest BCUT2D eigenvalue weighted by molar-refractivity contribution is 7.89. The van der Waals surface area contributed by atoms with Gasteiger partial charge < -0.3 is 5.32 Å². The summed E-state index contributed by atoms with van der Waals surface area (Å²) in [5.41, 5.74) is 1.48. The summed E-state index contributed by atoms with van der Waals surface area (Å²) in [6.07, 6.45) is 0. The van der Waals surface area contributed by atoms with Gasteiger partial charge in [0.1, 0.15) is 4.90 Å². The predicted molar refractivity (Wildman–Crippen MR) is 86.1 cm³/mol. The van der Waals surface area contributed by atoms with Crippen LogP contribution in [0.2, 0.25) is 0 Å². The number of hydrogen-bond donors (Lipinski definition) is 2. The Hall–Kier alpha value is -1.44. The van der Waals surface area contributed by atoms with E-state index in [0.29, 0.717) is 12.2 Å². The minimum Gasteiger partial charge on any atom is -0.378 e. The zero-order chi connectivity index (χ0) is 15.5. The van der Waals surface area contributed by atoms with Gasteiger partial charge in [-0.25, -0.2) is 18.1 Å². The summed E-state index contributed by atoms with van der Waals surface area (Å²) in [5, 5.41) is 6.11. The second kappa shape index (κ2) is 6.55. The Balaban J connectivity index is 2.21. The van der Waals surface area contributed by atoms with Crippen LogP contribution in [0.1, 0.15) is 24.5 Å². The smallest absolute Gasteiger partial charge is 0.242 e. The summed E-state index contributed by atoms with van der Waals surface area (Å²) in [7, 11) is -3.52. The first-order valence-corrected chi connectivity index (χ1v) is 9.01. The molecule has 0 atom stereocenters. The van der Waals surface area contributed by atoms with Crippen molar-refractivity contribution in [3.05, 3.63) is 40.3 Å². The average molecular weight is 325 g/mol. The molecule has 0 radical (unpaired) electrons. The highest BCUT2D eigenvalue weighted by Gasteiger charge is 2.19. The molecule has 0 aliphatic rings. The molecule has 21 heavy (non-hydrogen) atoms. The number of hydrogen-bond acceptors (Lipinski definition) is 5. The van der Waals surface area contributed by atoms with Crippen molar-refractivity contribution < 1.29 is 8.42 Å². The van der Waals surface area contributed by atoms with Crippen molar-refractivity contribution in [3.63, 3.8) is 0 Å². The molecule has 0 amide bonds. The maximum atomic E-state index is 12.3. The molecule has 0 saturated heterocycles. The molecular weight excluding hydrogens is 306 g/mol. The number of rotatable bonds is 6. The van der Waals surface area contributed by atoms with Gasteiger partial charge >= 0.3 is 0 Å². The zero-order valence-corrected chi connectivity index (χ0v) is 13.9. The molecule has 1 aromatic heterocycles. The lowest BCUT2D eigenvalue weighted by atomic mass is 10.3. The fourth-order valence-electron chi connectivity index (χ4n) is 1.90. The summed E-state index contributed by atoms with van der Waals surface area (Å²) in [6, 6.07) is 6.73. The number of sulfonamides is 1. The van der Waals surface area contributed by atoms with Crippen LogP contribution in [-0.4, -0.2) is 19.4 Å². The number of nitrogens with one attached hydrogen (secondary N) is 2. The standard InChI is InChI=1S/C14H19N3O2S2/c1-10(2)17-21(18,19)14-7-5-4-6-13(14)15-8-12-9-20-11(3)16-12/h4-7,9-10,15,17H,8H2,1-3H3. The summed E-state index contributed by atoms with van der Waals surface area (Å²) in [5.74, 6) is 0. The molecule has 2 rings (SSSR count). The number of benzene rings is 1. The first-order chi connectivity index (χ1) is 9.88. The summed E-state index contributed by atoms with van der Waals surface area (Å²) in [6.45, 7) is 6.04. The van der Waals surface area contributed by atoms with Crippen LogP contribution in [-0.2, 0) is 16.6 Å². The largest absolute Gasteiger partial charge is 0.378 e. The van der Waals surface area contributed by atoms with Crippen LogP contribution in [0.4, 0.5) is 5.69 Å². The molecule has 0 saturated carbocycles. The van der Waals surface area contributed by atoms with Crippen molar-refractivity contribution in [2.45, 2.75) is 38.3 Å². The van der Waals surface area contributed by atoms with Crippen LogP contribution in [0.25, 0.3) is 0 Å². The van der Waals surface area contributed by atoms with E-state index in [1.54, 1.807) is 43.4 Å². The normalized spacial score (nSPS) is 11.8. The topological polar surface area (TPSA) is 71.1 Å². The van der Waals surface area contributed by atoms with E-state index in [0.717, 1.165) is 10.7 Å². The molecule has 0 aliphatic carbocycles. The van der Waals surface area contributed by atoms with Crippen molar-refractivity contribution in [1.29, 1.82) is 0 Å². The SMILES string of the molecule is Cc1nc(CNc2ccccc2S(=O)(=O)NC(C)C)cs1. The van der Waals surface area contributed by atoms with E-state index in [2.05, 4.69) is 15.0 Å². The van der Waals surface area contributed by atoms with Gasteiger partial charge in [0.05, 0.1) is 22.9 Å². The van der Waals surface area contributed by atoms with Crippen LogP contribution < -0.4 is 10.0 Å². The van der Waals surface area contributed by atoms with Crippen LogP contribution in [0, 0.1) is 6.92 Å². The number of nitrogens with zero attached hydrogens (tertiary/aromatic N) is 1. The number of thiazole rings is 1. The third-order valence-corrected chi connectivity index (χ3v) is 5.23. The second-order valence-corrected chi connectivity index (χ2v) is 7.73. The molecule has 2 N–H and O–H groups in total. The molecule has 7 heteroatoms. The van der Waals surface area contributed by atoms with Crippen molar-refractivity contribution in [1.82, 2.24) is 9.71 Å². The summed E-state index contributed by atoms with van der Waals surface area (Å²) in [4.78, 5) is 4.61. The fraction of sp³-hybridized carbons (Fsp3) is 0.357. The van der Waals surface area contributed by atoms with Crippen molar-refractivity contribution in [2.75, 3.05) is 5.32 Å². The van der Waals surface area contributed by atoms with Crippen LogP contribution in [0.5, 0.6) is 0 Å². The van der Waals surface area contributed by atoms with Gasteiger partial charge in [-0.2, -0.15) is 0 Å². The van der Waals surface area contributed by atoms with E-state index in [9.17, 15) is 8.42 Å². The lowest BCUT2D eigenvalue weighted by Crippen LogP contribution is -2.30. The lowest BCUT2D eigenvalue weighted by Gasteiger charge is -2.14. The average Bonchev–Trinajstić information content (AvgIpc) is 2.81. The molecule has 0 bridgehead atoms. The van der Waals surface area contributed by atoms with Gasteiger partial charge in [0.15, 0.2) is 0 Å². The lowest BCUT2D eigenvalue weighted by molar-refractivity contribution is 0.570. The van der Waals surface area contributed by atoms with E-state index in [1.165, 1.54) is 0 Å². The summed E-state index contributed by atoms with van der Waals surface area (Å²) >= 11 is 1.58. The van der Waals surface area contributed by atoms with Gasteiger partial charge in [0, 0.05) is 11.4 Å². The number of aromatic nitrogens is 1. The third-order valence-electron chi connectivity index (χ3n) is 2.69. The molecule has 114 valence electrons. The zero-order valence-electron chi connectivity index (χ0n) is 12.3. The Kier molecular flexibility index (Phi) is 4.97. The first kappa shape index (κ1) is 15.9. The molecule has 1 heterocycles. The number of para-hydroxylation sites is 1. The van der Waals surface area contributed by atoms with Gasteiger partial charge in [-0.3, -0.25) is 0 Å². The van der Waals surface area contributed by atoms with Crippen LogP contribution in [0.15, 0.2) is 34.5 Å². The Bertz CT molecular complexity index is 709. The molecule has 0 unspecified atom stereocenters. The van der Waals surface area contributed by atoms with Gasteiger partial charge in [-0.05, 0) is 32.9 Å². The molecule has 0 aliphatic heterocycles. The Morgan fingerprint density at radius 3 is 2.62 bits per heavy atom. The monoisotopic (exact) mass is 325 g/mol. The number of aryl methyl sites for hydroxylation is 1. The van der Waals surface area contributed by atoms with E-state index in [-0.39, 0.29) is 10.9 Å². The van der Waals surface area contributed by atoms with E-state index in [1.807, 2.05) is 18.4 Å². The highest BCUT2D eigenvalue weighted by atomic mass is 32.2.